The van der Waals surface area contributed by atoms with E-state index in [1.165, 1.54) is 6.07 Å². The van der Waals surface area contributed by atoms with Gasteiger partial charge in [-0.1, -0.05) is 23.7 Å². The van der Waals surface area contributed by atoms with Crippen LogP contribution in [0.1, 0.15) is 35.7 Å². The fraction of sp³-hybridized carbons (Fsp3) is 0.381. The van der Waals surface area contributed by atoms with Crippen LogP contribution in [0.25, 0.3) is 11.1 Å². The van der Waals surface area contributed by atoms with Gasteiger partial charge in [0, 0.05) is 35.8 Å². The molecule has 1 atom stereocenters. The molecule has 0 radical (unpaired) electrons. The van der Waals surface area contributed by atoms with Crippen molar-refractivity contribution in [3.63, 3.8) is 0 Å². The minimum absolute atomic E-state index is 0.0178. The van der Waals surface area contributed by atoms with Crippen LogP contribution in [0.4, 0.5) is 4.39 Å². The summed E-state index contributed by atoms with van der Waals surface area (Å²) in [6.07, 6.45) is 2.19. The van der Waals surface area contributed by atoms with E-state index in [2.05, 4.69) is 0 Å². The van der Waals surface area contributed by atoms with Crippen molar-refractivity contribution in [2.45, 2.75) is 32.8 Å². The monoisotopic (exact) mass is 375 g/mol. The molecule has 1 aliphatic rings. The first-order valence-electron chi connectivity index (χ1n) is 8.96. The molecule has 0 spiro atoms. The normalized spacial score (nSPS) is 16.7. The Hall–Kier alpha value is -1.91. The molecule has 5 heteroatoms. The summed E-state index contributed by atoms with van der Waals surface area (Å²) in [5, 5.41) is 0.497. The molecule has 138 valence electrons. The van der Waals surface area contributed by atoms with Crippen LogP contribution in [-0.4, -0.2) is 36.6 Å². The third-order valence-electron chi connectivity index (χ3n) is 4.81. The predicted molar refractivity (Wildman–Crippen MR) is 102 cm³/mol. The molecule has 0 saturated carbocycles. The molecule has 2 aromatic rings. The third-order valence-corrected chi connectivity index (χ3v) is 5.12. The van der Waals surface area contributed by atoms with E-state index in [0.29, 0.717) is 34.8 Å². The molecule has 1 saturated heterocycles. The molecular weight excluding hydrogens is 353 g/mol. The van der Waals surface area contributed by atoms with Crippen LogP contribution in [0.3, 0.4) is 0 Å². The van der Waals surface area contributed by atoms with Gasteiger partial charge < -0.3 is 9.64 Å². The summed E-state index contributed by atoms with van der Waals surface area (Å²) in [5.41, 5.74) is 2.53. The van der Waals surface area contributed by atoms with Gasteiger partial charge in [-0.05, 0) is 62.1 Å². The van der Waals surface area contributed by atoms with Gasteiger partial charge in [0.25, 0.3) is 5.91 Å². The minimum Gasteiger partial charge on any atom is -0.376 e. The van der Waals surface area contributed by atoms with Crippen LogP contribution in [0.5, 0.6) is 0 Å². The first kappa shape index (κ1) is 18.9. The second-order valence-electron chi connectivity index (χ2n) is 6.64. The van der Waals surface area contributed by atoms with Crippen molar-refractivity contribution < 1.29 is 13.9 Å². The Bertz CT molecular complexity index is 785. The molecule has 0 aromatic heterocycles. The van der Waals surface area contributed by atoms with Crippen molar-refractivity contribution in [3.8, 4) is 11.1 Å². The van der Waals surface area contributed by atoms with Gasteiger partial charge in [0.05, 0.1) is 6.10 Å². The van der Waals surface area contributed by atoms with Crippen LogP contribution >= 0.6 is 11.6 Å². The molecule has 1 aliphatic heterocycles. The summed E-state index contributed by atoms with van der Waals surface area (Å²) >= 11 is 6.25. The number of halogens is 2. The van der Waals surface area contributed by atoms with E-state index in [1.54, 1.807) is 25.1 Å². The number of aryl methyl sites for hydroxylation is 1. The SMILES string of the molecule is CCN(C[C@@H]1CCCO1)C(=O)c1ccc(-c2cc(F)c(C)cc2Cl)cc1. The Morgan fingerprint density at radius 3 is 2.65 bits per heavy atom. The van der Waals surface area contributed by atoms with E-state index in [-0.39, 0.29) is 17.8 Å². The van der Waals surface area contributed by atoms with Gasteiger partial charge in [0.1, 0.15) is 5.82 Å². The van der Waals surface area contributed by atoms with Crippen LogP contribution in [0.15, 0.2) is 36.4 Å². The summed E-state index contributed by atoms with van der Waals surface area (Å²) in [4.78, 5) is 14.6. The number of benzene rings is 2. The molecule has 26 heavy (non-hydrogen) atoms. The molecule has 0 aliphatic carbocycles. The molecule has 0 unspecified atom stereocenters. The number of carbonyl (C=O) groups excluding carboxylic acids is 1. The first-order chi connectivity index (χ1) is 12.5. The number of likely N-dealkylation sites (N-methyl/N-ethyl adjacent to an activating group) is 1. The molecule has 0 N–H and O–H groups in total. The Labute approximate surface area is 158 Å². The van der Waals surface area contributed by atoms with Crippen LogP contribution < -0.4 is 0 Å². The fourth-order valence-corrected chi connectivity index (χ4v) is 3.56. The number of carbonyl (C=O) groups is 1. The van der Waals surface area contributed by atoms with Crippen molar-refractivity contribution >= 4 is 17.5 Å². The Morgan fingerprint density at radius 1 is 1.31 bits per heavy atom. The number of hydrogen-bond donors (Lipinski definition) is 0. The highest BCUT2D eigenvalue weighted by Gasteiger charge is 2.22. The van der Waals surface area contributed by atoms with Gasteiger partial charge in [0.15, 0.2) is 0 Å². The summed E-state index contributed by atoms with van der Waals surface area (Å²) in [5.74, 6) is -0.311. The van der Waals surface area contributed by atoms with E-state index in [0.717, 1.165) is 25.0 Å². The standard InChI is InChI=1S/C21H23ClFNO2/c1-3-24(13-17-5-4-10-26-17)21(25)16-8-6-15(7-9-16)18-12-20(23)14(2)11-19(18)22/h6-9,11-12,17H,3-5,10,13H2,1-2H3/t17-/m0/s1. The second kappa shape index (κ2) is 8.19. The highest BCUT2D eigenvalue weighted by atomic mass is 35.5. The summed E-state index contributed by atoms with van der Waals surface area (Å²) in [6.45, 7) is 5.68. The van der Waals surface area contributed by atoms with Gasteiger partial charge in [-0.3, -0.25) is 4.79 Å². The van der Waals surface area contributed by atoms with Crippen molar-refractivity contribution in [3.05, 3.63) is 58.4 Å². The Kier molecular flexibility index (Phi) is 5.94. The van der Waals surface area contributed by atoms with Gasteiger partial charge in [0.2, 0.25) is 0 Å². The maximum absolute atomic E-state index is 13.9. The molecular formula is C21H23ClFNO2. The van der Waals surface area contributed by atoms with E-state index in [4.69, 9.17) is 16.3 Å². The lowest BCUT2D eigenvalue weighted by molar-refractivity contribution is 0.0539. The number of ether oxygens (including phenoxy) is 1. The van der Waals surface area contributed by atoms with Crippen LogP contribution in [0.2, 0.25) is 5.02 Å². The highest BCUT2D eigenvalue weighted by Crippen LogP contribution is 2.30. The van der Waals surface area contributed by atoms with E-state index in [9.17, 15) is 9.18 Å². The van der Waals surface area contributed by atoms with E-state index < -0.39 is 0 Å². The fourth-order valence-electron chi connectivity index (χ4n) is 3.23. The largest absolute Gasteiger partial charge is 0.376 e. The molecule has 0 bridgehead atoms. The molecule has 1 fully saturated rings. The van der Waals surface area contributed by atoms with E-state index >= 15 is 0 Å². The second-order valence-corrected chi connectivity index (χ2v) is 7.04. The zero-order valence-electron chi connectivity index (χ0n) is 15.1. The molecule has 2 aromatic carbocycles. The van der Waals surface area contributed by atoms with Gasteiger partial charge >= 0.3 is 0 Å². The van der Waals surface area contributed by atoms with Crippen molar-refractivity contribution in [1.82, 2.24) is 4.90 Å². The summed E-state index contributed by atoms with van der Waals surface area (Å²) in [6, 6.07) is 10.2. The smallest absolute Gasteiger partial charge is 0.253 e. The predicted octanol–water partition coefficient (Wildman–Crippen LogP) is 5.10. The zero-order valence-corrected chi connectivity index (χ0v) is 15.9. The summed E-state index contributed by atoms with van der Waals surface area (Å²) in [7, 11) is 0. The number of amides is 1. The Morgan fingerprint density at radius 2 is 2.04 bits per heavy atom. The topological polar surface area (TPSA) is 29.5 Å². The average molecular weight is 376 g/mol. The zero-order chi connectivity index (χ0) is 18.7. The number of hydrogen-bond acceptors (Lipinski definition) is 2. The molecule has 1 heterocycles. The Balaban J connectivity index is 1.78. The average Bonchev–Trinajstić information content (AvgIpc) is 3.15. The number of nitrogens with zero attached hydrogens (tertiary/aromatic N) is 1. The quantitative estimate of drug-likeness (QED) is 0.728. The molecule has 3 nitrogen and oxygen atoms in total. The van der Waals surface area contributed by atoms with Crippen molar-refractivity contribution in [2.75, 3.05) is 19.7 Å². The summed E-state index contributed by atoms with van der Waals surface area (Å²) < 4.78 is 19.5. The van der Waals surface area contributed by atoms with Gasteiger partial charge in [-0.2, -0.15) is 0 Å². The first-order valence-corrected chi connectivity index (χ1v) is 9.34. The molecule has 1 amide bonds. The van der Waals surface area contributed by atoms with Gasteiger partial charge in [-0.25, -0.2) is 4.39 Å². The molecule has 3 rings (SSSR count). The minimum atomic E-state index is -0.293. The highest BCUT2D eigenvalue weighted by molar-refractivity contribution is 6.33. The van der Waals surface area contributed by atoms with Crippen LogP contribution in [0, 0.1) is 12.7 Å². The maximum Gasteiger partial charge on any atom is 0.253 e. The lowest BCUT2D eigenvalue weighted by atomic mass is 10.0. The van der Waals surface area contributed by atoms with E-state index in [1.807, 2.05) is 24.0 Å². The maximum atomic E-state index is 13.9. The lowest BCUT2D eigenvalue weighted by Gasteiger charge is -2.24. The van der Waals surface area contributed by atoms with Crippen LogP contribution in [-0.2, 0) is 4.74 Å². The van der Waals surface area contributed by atoms with Crippen molar-refractivity contribution in [2.24, 2.45) is 0 Å². The van der Waals surface area contributed by atoms with Gasteiger partial charge in [-0.15, -0.1) is 0 Å². The lowest BCUT2D eigenvalue weighted by Crippen LogP contribution is -2.37. The third kappa shape index (κ3) is 4.08. The van der Waals surface area contributed by atoms with Crippen molar-refractivity contribution in [1.29, 1.82) is 0 Å². The number of rotatable bonds is 5.